The summed E-state index contributed by atoms with van der Waals surface area (Å²) < 4.78 is 6.35. The number of hydrogen-bond acceptors (Lipinski definition) is 3. The Morgan fingerprint density at radius 1 is 1.48 bits per heavy atom. The fraction of sp³-hybridized carbons (Fsp3) is 0.647. The van der Waals surface area contributed by atoms with E-state index in [2.05, 4.69) is 59.1 Å². The highest BCUT2D eigenvalue weighted by molar-refractivity contribution is 9.10. The maximum atomic E-state index is 5.31. The first-order valence-electron chi connectivity index (χ1n) is 7.85. The Morgan fingerprint density at radius 3 is 2.86 bits per heavy atom. The summed E-state index contributed by atoms with van der Waals surface area (Å²) in [7, 11) is 1.71. The van der Waals surface area contributed by atoms with Gasteiger partial charge < -0.3 is 10.1 Å². The minimum atomic E-state index is 0.562. The van der Waals surface area contributed by atoms with Crippen LogP contribution in [0.5, 0.6) is 5.75 Å². The molecule has 1 fully saturated rings. The van der Waals surface area contributed by atoms with Crippen LogP contribution in [0, 0.1) is 5.92 Å². The minimum Gasteiger partial charge on any atom is -0.496 e. The van der Waals surface area contributed by atoms with E-state index < -0.39 is 0 Å². The Balaban J connectivity index is 2.12. The SMILES string of the molecule is CCC(C)C1CNC(C)CN1Cc1ccc(OC)c(Br)c1. The molecule has 1 heterocycles. The third-order valence-electron chi connectivity index (χ3n) is 4.56. The topological polar surface area (TPSA) is 24.5 Å². The average molecular weight is 355 g/mol. The van der Waals surface area contributed by atoms with Crippen molar-refractivity contribution in [1.29, 1.82) is 0 Å². The number of piperazine rings is 1. The van der Waals surface area contributed by atoms with Crippen molar-refractivity contribution in [2.75, 3.05) is 20.2 Å². The Labute approximate surface area is 137 Å². The lowest BCUT2D eigenvalue weighted by Crippen LogP contribution is -2.57. The van der Waals surface area contributed by atoms with Crippen LogP contribution in [-0.4, -0.2) is 37.2 Å². The van der Waals surface area contributed by atoms with Gasteiger partial charge in [0, 0.05) is 31.7 Å². The molecule has 1 aromatic rings. The predicted molar refractivity (Wildman–Crippen MR) is 91.8 cm³/mol. The number of methoxy groups -OCH3 is 1. The first-order chi connectivity index (χ1) is 10.0. The molecule has 1 N–H and O–H groups in total. The fourth-order valence-electron chi connectivity index (χ4n) is 3.06. The van der Waals surface area contributed by atoms with E-state index in [0.717, 1.165) is 29.9 Å². The lowest BCUT2D eigenvalue weighted by atomic mass is 9.94. The standard InChI is InChI=1S/C17H27BrN2O/c1-5-12(2)16-9-19-13(3)10-20(16)11-14-6-7-17(21-4)15(18)8-14/h6-8,12-13,16,19H,5,9-11H2,1-4H3. The van der Waals surface area contributed by atoms with Crippen LogP contribution in [0.3, 0.4) is 0 Å². The second-order valence-electron chi connectivity index (χ2n) is 6.16. The summed E-state index contributed by atoms with van der Waals surface area (Å²) in [5.41, 5.74) is 1.34. The molecule has 0 bridgehead atoms. The van der Waals surface area contributed by atoms with Crippen molar-refractivity contribution in [2.45, 2.75) is 45.8 Å². The van der Waals surface area contributed by atoms with Gasteiger partial charge in [-0.2, -0.15) is 0 Å². The summed E-state index contributed by atoms with van der Waals surface area (Å²) in [5.74, 6) is 1.61. The number of halogens is 1. The van der Waals surface area contributed by atoms with Crippen molar-refractivity contribution in [1.82, 2.24) is 10.2 Å². The molecule has 3 atom stereocenters. The van der Waals surface area contributed by atoms with E-state index in [1.807, 2.05) is 6.07 Å². The van der Waals surface area contributed by atoms with Gasteiger partial charge in [0.1, 0.15) is 5.75 Å². The molecule has 0 aliphatic carbocycles. The van der Waals surface area contributed by atoms with Crippen LogP contribution in [-0.2, 0) is 6.54 Å². The smallest absolute Gasteiger partial charge is 0.133 e. The third-order valence-corrected chi connectivity index (χ3v) is 5.18. The van der Waals surface area contributed by atoms with Crippen LogP contribution in [0.25, 0.3) is 0 Å². The Bertz CT molecular complexity index is 466. The van der Waals surface area contributed by atoms with Gasteiger partial charge in [-0.15, -0.1) is 0 Å². The van der Waals surface area contributed by atoms with Gasteiger partial charge in [-0.25, -0.2) is 0 Å². The maximum absolute atomic E-state index is 5.31. The second-order valence-corrected chi connectivity index (χ2v) is 7.01. The number of ether oxygens (including phenoxy) is 1. The zero-order valence-electron chi connectivity index (χ0n) is 13.5. The molecule has 21 heavy (non-hydrogen) atoms. The largest absolute Gasteiger partial charge is 0.496 e. The van der Waals surface area contributed by atoms with Crippen LogP contribution in [0.2, 0.25) is 0 Å². The zero-order valence-corrected chi connectivity index (χ0v) is 15.1. The van der Waals surface area contributed by atoms with Gasteiger partial charge in [-0.1, -0.05) is 26.3 Å². The van der Waals surface area contributed by atoms with Crippen LogP contribution in [0.1, 0.15) is 32.8 Å². The maximum Gasteiger partial charge on any atom is 0.133 e. The van der Waals surface area contributed by atoms with Gasteiger partial charge >= 0.3 is 0 Å². The van der Waals surface area contributed by atoms with Crippen molar-refractivity contribution >= 4 is 15.9 Å². The summed E-state index contributed by atoms with van der Waals surface area (Å²) in [6.45, 7) is 10.1. The normalized spacial score (nSPS) is 24.8. The molecule has 118 valence electrons. The van der Waals surface area contributed by atoms with Gasteiger partial charge in [0.15, 0.2) is 0 Å². The molecule has 0 amide bonds. The molecule has 2 rings (SSSR count). The molecule has 1 saturated heterocycles. The first kappa shape index (κ1) is 16.8. The predicted octanol–water partition coefficient (Wildman–Crippen LogP) is 3.67. The molecule has 0 aromatic heterocycles. The Hall–Kier alpha value is -0.580. The van der Waals surface area contributed by atoms with Gasteiger partial charge in [-0.05, 0) is 46.5 Å². The lowest BCUT2D eigenvalue weighted by Gasteiger charge is -2.42. The summed E-state index contributed by atoms with van der Waals surface area (Å²) in [6, 6.07) is 7.58. The quantitative estimate of drug-likeness (QED) is 0.872. The molecule has 4 heteroatoms. The van der Waals surface area contributed by atoms with E-state index in [0.29, 0.717) is 18.0 Å². The summed E-state index contributed by atoms with van der Waals surface area (Å²) in [4.78, 5) is 2.63. The van der Waals surface area contributed by atoms with Crippen LogP contribution < -0.4 is 10.1 Å². The van der Waals surface area contributed by atoms with E-state index in [9.17, 15) is 0 Å². The Morgan fingerprint density at radius 2 is 2.24 bits per heavy atom. The monoisotopic (exact) mass is 354 g/mol. The summed E-state index contributed by atoms with van der Waals surface area (Å²) in [5, 5.41) is 3.62. The number of rotatable bonds is 5. The van der Waals surface area contributed by atoms with Crippen LogP contribution >= 0.6 is 15.9 Å². The van der Waals surface area contributed by atoms with E-state index in [-0.39, 0.29) is 0 Å². The van der Waals surface area contributed by atoms with Gasteiger partial charge in [0.2, 0.25) is 0 Å². The van der Waals surface area contributed by atoms with Crippen molar-refractivity contribution in [3.63, 3.8) is 0 Å². The highest BCUT2D eigenvalue weighted by atomic mass is 79.9. The summed E-state index contributed by atoms with van der Waals surface area (Å²) in [6.07, 6.45) is 1.23. The highest BCUT2D eigenvalue weighted by Gasteiger charge is 2.29. The number of nitrogens with one attached hydrogen (secondary N) is 1. The molecule has 3 nitrogen and oxygen atoms in total. The molecular weight excluding hydrogens is 328 g/mol. The second kappa shape index (κ2) is 7.61. The Kier molecular flexibility index (Phi) is 6.08. The summed E-state index contributed by atoms with van der Waals surface area (Å²) >= 11 is 3.59. The number of benzene rings is 1. The molecule has 0 saturated carbocycles. The van der Waals surface area contributed by atoms with E-state index in [1.165, 1.54) is 12.0 Å². The molecule has 1 aromatic carbocycles. The lowest BCUT2D eigenvalue weighted by molar-refractivity contribution is 0.0885. The van der Waals surface area contributed by atoms with Crippen molar-refractivity contribution in [3.8, 4) is 5.75 Å². The van der Waals surface area contributed by atoms with E-state index in [4.69, 9.17) is 4.74 Å². The highest BCUT2D eigenvalue weighted by Crippen LogP contribution is 2.27. The van der Waals surface area contributed by atoms with Crippen LogP contribution in [0.4, 0.5) is 0 Å². The van der Waals surface area contributed by atoms with E-state index >= 15 is 0 Å². The van der Waals surface area contributed by atoms with Crippen molar-refractivity contribution < 1.29 is 4.74 Å². The van der Waals surface area contributed by atoms with Gasteiger partial charge in [0.25, 0.3) is 0 Å². The van der Waals surface area contributed by atoms with E-state index in [1.54, 1.807) is 7.11 Å². The molecule has 0 radical (unpaired) electrons. The first-order valence-corrected chi connectivity index (χ1v) is 8.64. The number of nitrogens with zero attached hydrogens (tertiary/aromatic N) is 1. The molecule has 1 aliphatic rings. The zero-order chi connectivity index (χ0) is 15.4. The number of hydrogen-bond donors (Lipinski definition) is 1. The van der Waals surface area contributed by atoms with Crippen molar-refractivity contribution in [3.05, 3.63) is 28.2 Å². The average Bonchev–Trinajstić information content (AvgIpc) is 2.47. The van der Waals surface area contributed by atoms with Crippen molar-refractivity contribution in [2.24, 2.45) is 5.92 Å². The van der Waals surface area contributed by atoms with Gasteiger partial charge in [0.05, 0.1) is 11.6 Å². The third kappa shape index (κ3) is 4.21. The van der Waals surface area contributed by atoms with Gasteiger partial charge in [-0.3, -0.25) is 4.90 Å². The minimum absolute atomic E-state index is 0.562. The molecule has 3 unspecified atom stereocenters. The molecule has 1 aliphatic heterocycles. The van der Waals surface area contributed by atoms with Crippen LogP contribution in [0.15, 0.2) is 22.7 Å². The molecule has 0 spiro atoms. The molecular formula is C17H27BrN2O. The fourth-order valence-corrected chi connectivity index (χ4v) is 3.65.